The third-order valence-corrected chi connectivity index (χ3v) is 14.2. The molecule has 0 N–H and O–H groups in total. The number of para-hydroxylation sites is 1. The zero-order valence-corrected chi connectivity index (χ0v) is 36.9. The van der Waals surface area contributed by atoms with Crippen LogP contribution in [0, 0.1) is 11.8 Å². The van der Waals surface area contributed by atoms with E-state index in [4.69, 9.17) is 15.0 Å². The lowest BCUT2D eigenvalue weighted by Crippen LogP contribution is -2.29. The van der Waals surface area contributed by atoms with Crippen LogP contribution in [0.3, 0.4) is 0 Å². The van der Waals surface area contributed by atoms with E-state index in [2.05, 4.69) is 232 Å². The average molecular weight is 837 g/mol. The van der Waals surface area contributed by atoms with Gasteiger partial charge in [0.2, 0.25) is 5.95 Å². The SMILES string of the molecule is CC1C=CC2c3ccc4c5ccccc5n(-c5nc(-c6cccc(-c7ccccc7)c6)nc(-c6cccc(-c7ccccc7-c7ccccc7-c7ccccc7)c6)n5)c4c3C(C)(C)C2C1. The Bertz CT molecular complexity index is 3470. The lowest BCUT2D eigenvalue weighted by atomic mass is 9.69. The summed E-state index contributed by atoms with van der Waals surface area (Å²) in [4.78, 5) is 16.4. The molecule has 0 bridgehead atoms. The van der Waals surface area contributed by atoms with Gasteiger partial charge in [0.05, 0.1) is 11.0 Å². The van der Waals surface area contributed by atoms with Crippen molar-refractivity contribution in [2.24, 2.45) is 11.8 Å². The van der Waals surface area contributed by atoms with E-state index in [-0.39, 0.29) is 5.41 Å². The molecule has 0 aliphatic heterocycles. The van der Waals surface area contributed by atoms with E-state index in [1.54, 1.807) is 0 Å². The summed E-state index contributed by atoms with van der Waals surface area (Å²) >= 11 is 0. The number of hydrogen-bond acceptors (Lipinski definition) is 3. The number of hydrogen-bond donors (Lipinski definition) is 0. The molecular weight excluding hydrogens is 789 g/mol. The first kappa shape index (κ1) is 38.9. The Morgan fingerprint density at radius 3 is 1.69 bits per heavy atom. The molecule has 65 heavy (non-hydrogen) atoms. The molecule has 0 saturated carbocycles. The van der Waals surface area contributed by atoms with E-state index < -0.39 is 0 Å². The lowest BCUT2D eigenvalue weighted by molar-refractivity contribution is 0.273. The average Bonchev–Trinajstić information content (AvgIpc) is 3.82. The molecule has 12 rings (SSSR count). The molecule has 0 amide bonds. The number of allylic oxidation sites excluding steroid dienone is 2. The van der Waals surface area contributed by atoms with Crippen molar-refractivity contribution in [3.8, 4) is 73.2 Å². The van der Waals surface area contributed by atoms with E-state index in [9.17, 15) is 0 Å². The van der Waals surface area contributed by atoms with Crippen LogP contribution in [0.25, 0.3) is 95.0 Å². The molecule has 0 spiro atoms. The normalized spacial score (nSPS) is 17.3. The van der Waals surface area contributed by atoms with Gasteiger partial charge in [0.25, 0.3) is 0 Å². The molecular formula is C61H48N4. The Hall–Kier alpha value is -7.69. The summed E-state index contributed by atoms with van der Waals surface area (Å²) in [6.45, 7) is 7.28. The molecule has 2 aromatic heterocycles. The molecule has 312 valence electrons. The summed E-state index contributed by atoms with van der Waals surface area (Å²) in [6, 6.07) is 69.4. The van der Waals surface area contributed by atoms with E-state index in [0.717, 1.165) is 38.9 Å². The Labute approximate surface area is 380 Å². The van der Waals surface area contributed by atoms with E-state index in [0.29, 0.717) is 35.4 Å². The second-order valence-corrected chi connectivity index (χ2v) is 18.5. The third-order valence-electron chi connectivity index (χ3n) is 14.2. The van der Waals surface area contributed by atoms with E-state index >= 15 is 0 Å². The molecule has 2 aliphatic rings. The fourth-order valence-electron chi connectivity index (χ4n) is 11.1. The third kappa shape index (κ3) is 6.54. The molecule has 2 heterocycles. The van der Waals surface area contributed by atoms with Crippen molar-refractivity contribution >= 4 is 21.8 Å². The molecule has 2 aliphatic carbocycles. The largest absolute Gasteiger partial charge is 0.277 e. The van der Waals surface area contributed by atoms with Gasteiger partial charge in [-0.15, -0.1) is 0 Å². The van der Waals surface area contributed by atoms with Crippen LogP contribution in [0.1, 0.15) is 44.2 Å². The minimum atomic E-state index is -0.0752. The number of rotatable bonds is 7. The van der Waals surface area contributed by atoms with Gasteiger partial charge in [-0.25, -0.2) is 4.98 Å². The maximum atomic E-state index is 5.52. The number of nitrogens with zero attached hydrogens (tertiary/aromatic N) is 4. The van der Waals surface area contributed by atoms with Crippen LogP contribution >= 0.6 is 0 Å². The van der Waals surface area contributed by atoms with Crippen LogP contribution in [0.4, 0.5) is 0 Å². The van der Waals surface area contributed by atoms with Gasteiger partial charge in [-0.2, -0.15) is 9.97 Å². The monoisotopic (exact) mass is 836 g/mol. The van der Waals surface area contributed by atoms with Crippen molar-refractivity contribution in [3.63, 3.8) is 0 Å². The number of aromatic nitrogens is 4. The predicted octanol–water partition coefficient (Wildman–Crippen LogP) is 15.6. The predicted molar refractivity (Wildman–Crippen MR) is 269 cm³/mol. The minimum absolute atomic E-state index is 0.0752. The summed E-state index contributed by atoms with van der Waals surface area (Å²) in [5.74, 6) is 3.31. The van der Waals surface area contributed by atoms with Crippen LogP contribution in [-0.4, -0.2) is 19.5 Å². The second kappa shape index (κ2) is 15.5. The first-order chi connectivity index (χ1) is 31.9. The summed E-state index contributed by atoms with van der Waals surface area (Å²) in [5.41, 5.74) is 16.2. The van der Waals surface area contributed by atoms with Gasteiger partial charge >= 0.3 is 0 Å². The highest BCUT2D eigenvalue weighted by molar-refractivity contribution is 6.11. The minimum Gasteiger partial charge on any atom is -0.277 e. The van der Waals surface area contributed by atoms with Crippen molar-refractivity contribution in [3.05, 3.63) is 217 Å². The van der Waals surface area contributed by atoms with Crippen LogP contribution < -0.4 is 0 Å². The van der Waals surface area contributed by atoms with Gasteiger partial charge in [-0.3, -0.25) is 4.57 Å². The highest BCUT2D eigenvalue weighted by Gasteiger charge is 2.48. The second-order valence-electron chi connectivity index (χ2n) is 18.5. The van der Waals surface area contributed by atoms with Crippen molar-refractivity contribution in [2.45, 2.75) is 38.5 Å². The van der Waals surface area contributed by atoms with Gasteiger partial charge in [0.1, 0.15) is 0 Å². The first-order valence-corrected chi connectivity index (χ1v) is 22.9. The van der Waals surface area contributed by atoms with E-state index in [1.807, 2.05) is 0 Å². The molecule has 8 aromatic carbocycles. The summed E-state index contributed by atoms with van der Waals surface area (Å²) in [5, 5.41) is 2.43. The molecule has 10 aromatic rings. The Kier molecular flexibility index (Phi) is 9.31. The first-order valence-electron chi connectivity index (χ1n) is 22.9. The topological polar surface area (TPSA) is 43.6 Å². The smallest absolute Gasteiger partial charge is 0.238 e. The van der Waals surface area contributed by atoms with Crippen LogP contribution in [0.2, 0.25) is 0 Å². The summed E-state index contributed by atoms with van der Waals surface area (Å²) in [7, 11) is 0. The fourth-order valence-corrected chi connectivity index (χ4v) is 11.1. The highest BCUT2D eigenvalue weighted by Crippen LogP contribution is 2.58. The van der Waals surface area contributed by atoms with Gasteiger partial charge in [-0.1, -0.05) is 209 Å². The van der Waals surface area contributed by atoms with Crippen LogP contribution in [-0.2, 0) is 5.41 Å². The Morgan fingerprint density at radius 2 is 1.00 bits per heavy atom. The Morgan fingerprint density at radius 1 is 0.462 bits per heavy atom. The quantitative estimate of drug-likeness (QED) is 0.150. The van der Waals surface area contributed by atoms with Gasteiger partial charge < -0.3 is 0 Å². The van der Waals surface area contributed by atoms with Crippen LogP contribution in [0.15, 0.2) is 206 Å². The Balaban J connectivity index is 1.08. The van der Waals surface area contributed by atoms with Crippen molar-refractivity contribution in [1.29, 1.82) is 0 Å². The molecule has 3 unspecified atom stereocenters. The van der Waals surface area contributed by atoms with Gasteiger partial charge in [0, 0.05) is 27.8 Å². The summed E-state index contributed by atoms with van der Waals surface area (Å²) in [6.07, 6.45) is 6.07. The molecule has 0 saturated heterocycles. The number of benzene rings is 8. The zero-order valence-electron chi connectivity index (χ0n) is 36.9. The van der Waals surface area contributed by atoms with Gasteiger partial charge in [0.15, 0.2) is 11.6 Å². The standard InChI is InChI=1S/C61H48N4/c1-39-32-33-50-52-34-35-53-51-30-14-15-31-55(51)65(57(53)56(52)61(2,3)54(50)36-39)60-63-58(44-24-16-22-42(37-44)40-18-6-4-7-19-40)62-59(64-60)45-25-17-23-43(38-45)47-27-11-13-29-49(47)48-28-12-10-26-46(48)41-20-8-5-9-21-41/h4-35,37-39,50,54H,36H2,1-3H3. The fraction of sp³-hybridized carbons (Fsp3) is 0.131. The van der Waals surface area contributed by atoms with Crippen LogP contribution in [0.5, 0.6) is 0 Å². The molecule has 4 nitrogen and oxygen atoms in total. The summed E-state index contributed by atoms with van der Waals surface area (Å²) < 4.78 is 2.35. The molecule has 0 radical (unpaired) electrons. The van der Waals surface area contributed by atoms with Crippen molar-refractivity contribution < 1.29 is 0 Å². The zero-order chi connectivity index (χ0) is 43.6. The van der Waals surface area contributed by atoms with Crippen molar-refractivity contribution in [2.75, 3.05) is 0 Å². The molecule has 3 atom stereocenters. The van der Waals surface area contributed by atoms with Crippen molar-refractivity contribution in [1.82, 2.24) is 19.5 Å². The highest BCUT2D eigenvalue weighted by atomic mass is 15.2. The lowest BCUT2D eigenvalue weighted by Gasteiger charge is -2.35. The maximum Gasteiger partial charge on any atom is 0.238 e. The van der Waals surface area contributed by atoms with E-state index in [1.165, 1.54) is 56.1 Å². The molecule has 0 fully saturated rings. The number of fused-ring (bicyclic) bond motifs is 7. The molecule has 4 heteroatoms. The maximum absolute atomic E-state index is 5.52. The van der Waals surface area contributed by atoms with Gasteiger partial charge in [-0.05, 0) is 97.5 Å².